The van der Waals surface area contributed by atoms with E-state index in [0.717, 1.165) is 27.6 Å². The number of hydrogen-bond acceptors (Lipinski definition) is 2. The number of rotatable bonds is 3. The largest absolute Gasteiger partial charge is 0.326 e. The summed E-state index contributed by atoms with van der Waals surface area (Å²) in [6, 6.07) is 23.2. The minimum Gasteiger partial charge on any atom is -0.326 e. The van der Waals surface area contributed by atoms with Crippen LogP contribution < -0.4 is 11.3 Å². The number of aromatic nitrogens is 1. The molecule has 1 heterocycles. The first-order chi connectivity index (χ1) is 12.7. The fourth-order valence-electron chi connectivity index (χ4n) is 3.20. The van der Waals surface area contributed by atoms with Gasteiger partial charge in [0.1, 0.15) is 5.82 Å². The molecule has 4 rings (SSSR count). The first-order valence-electron chi connectivity index (χ1n) is 8.37. The van der Waals surface area contributed by atoms with E-state index in [2.05, 4.69) is 0 Å². The quantitative estimate of drug-likeness (QED) is 0.604. The van der Waals surface area contributed by atoms with Gasteiger partial charge >= 0.3 is 0 Å². The third-order valence-electron chi connectivity index (χ3n) is 4.52. The molecule has 0 unspecified atom stereocenters. The van der Waals surface area contributed by atoms with Crippen molar-refractivity contribution in [3.05, 3.63) is 101 Å². The predicted octanol–water partition coefficient (Wildman–Crippen LogP) is 4.26. The highest BCUT2D eigenvalue weighted by atomic mass is 19.1. The molecular formula is C22H17FN2O. The van der Waals surface area contributed by atoms with Gasteiger partial charge in [-0.15, -0.1) is 0 Å². The Morgan fingerprint density at radius 3 is 2.27 bits per heavy atom. The highest BCUT2D eigenvalue weighted by molar-refractivity contribution is 5.95. The highest BCUT2D eigenvalue weighted by Gasteiger charge is 2.10. The molecule has 0 aliphatic carbocycles. The first-order valence-corrected chi connectivity index (χ1v) is 8.37. The van der Waals surface area contributed by atoms with E-state index in [1.807, 2.05) is 48.5 Å². The molecule has 0 atom stereocenters. The molecule has 0 bridgehead atoms. The van der Waals surface area contributed by atoms with Crippen LogP contribution in [0.15, 0.2) is 83.7 Å². The third-order valence-corrected chi connectivity index (χ3v) is 4.52. The van der Waals surface area contributed by atoms with Crippen LogP contribution in [0, 0.1) is 5.82 Å². The molecule has 2 N–H and O–H groups in total. The van der Waals surface area contributed by atoms with Crippen LogP contribution in [0.25, 0.3) is 27.7 Å². The van der Waals surface area contributed by atoms with Crippen LogP contribution in [0.4, 0.5) is 4.39 Å². The van der Waals surface area contributed by atoms with Crippen molar-refractivity contribution in [1.29, 1.82) is 0 Å². The second-order valence-corrected chi connectivity index (χ2v) is 6.12. The molecule has 1 aromatic heterocycles. The Kier molecular flexibility index (Phi) is 4.11. The van der Waals surface area contributed by atoms with Crippen LogP contribution in [0.2, 0.25) is 0 Å². The number of fused-ring (bicyclic) bond motifs is 1. The van der Waals surface area contributed by atoms with Crippen LogP contribution in [0.5, 0.6) is 0 Å². The average Bonchev–Trinajstić information content (AvgIpc) is 2.68. The lowest BCUT2D eigenvalue weighted by atomic mass is 9.99. The number of nitrogens with two attached hydrogens (primary N) is 1. The summed E-state index contributed by atoms with van der Waals surface area (Å²) in [6.45, 7) is 0.500. The molecule has 0 spiro atoms. The van der Waals surface area contributed by atoms with E-state index in [-0.39, 0.29) is 11.4 Å². The van der Waals surface area contributed by atoms with Gasteiger partial charge in [-0.05, 0) is 53.1 Å². The summed E-state index contributed by atoms with van der Waals surface area (Å²) in [7, 11) is 0. The first kappa shape index (κ1) is 16.2. The fraction of sp³-hybridized carbons (Fsp3) is 0.0455. The SMILES string of the molecule is NCc1ccc(-c2cccc3c2ccc(=O)n3-c2ccc(F)cc2)cc1. The van der Waals surface area contributed by atoms with E-state index in [1.54, 1.807) is 22.8 Å². The van der Waals surface area contributed by atoms with Gasteiger partial charge in [0.05, 0.1) is 5.52 Å². The number of benzene rings is 3. The fourth-order valence-corrected chi connectivity index (χ4v) is 3.20. The maximum Gasteiger partial charge on any atom is 0.255 e. The molecule has 26 heavy (non-hydrogen) atoms. The standard InChI is InChI=1S/C22H17FN2O/c23-17-8-10-18(11-9-17)25-21-3-1-2-19(20(21)12-13-22(25)26)16-6-4-15(14-24)5-7-16/h1-13H,14,24H2. The van der Waals surface area contributed by atoms with Gasteiger partial charge in [-0.3, -0.25) is 9.36 Å². The summed E-state index contributed by atoms with van der Waals surface area (Å²) in [5.41, 5.74) is 10.1. The topological polar surface area (TPSA) is 48.0 Å². The Morgan fingerprint density at radius 2 is 1.58 bits per heavy atom. The molecular weight excluding hydrogens is 327 g/mol. The lowest BCUT2D eigenvalue weighted by Crippen LogP contribution is -2.17. The van der Waals surface area contributed by atoms with Crippen molar-refractivity contribution in [3.63, 3.8) is 0 Å². The van der Waals surface area contributed by atoms with Crippen molar-refractivity contribution >= 4 is 10.9 Å². The Hall–Kier alpha value is -3.24. The predicted molar refractivity (Wildman–Crippen MR) is 103 cm³/mol. The van der Waals surface area contributed by atoms with Crippen molar-refractivity contribution in [2.45, 2.75) is 6.54 Å². The Labute approximate surface area is 150 Å². The highest BCUT2D eigenvalue weighted by Crippen LogP contribution is 2.29. The van der Waals surface area contributed by atoms with Crippen molar-refractivity contribution in [2.24, 2.45) is 5.73 Å². The maximum atomic E-state index is 13.3. The van der Waals surface area contributed by atoms with E-state index in [0.29, 0.717) is 12.2 Å². The van der Waals surface area contributed by atoms with Crippen molar-refractivity contribution < 1.29 is 4.39 Å². The normalized spacial score (nSPS) is 11.0. The Balaban J connectivity index is 1.96. The summed E-state index contributed by atoms with van der Waals surface area (Å²) in [5, 5.41) is 0.955. The van der Waals surface area contributed by atoms with Gasteiger partial charge in [0.25, 0.3) is 5.56 Å². The van der Waals surface area contributed by atoms with Gasteiger partial charge in [-0.1, -0.05) is 36.4 Å². The monoisotopic (exact) mass is 344 g/mol. The lowest BCUT2D eigenvalue weighted by molar-refractivity contribution is 0.627. The average molecular weight is 344 g/mol. The molecule has 0 amide bonds. The van der Waals surface area contributed by atoms with Crippen LogP contribution in [-0.2, 0) is 6.54 Å². The molecule has 128 valence electrons. The smallest absolute Gasteiger partial charge is 0.255 e. The van der Waals surface area contributed by atoms with E-state index in [1.165, 1.54) is 12.1 Å². The molecule has 0 radical (unpaired) electrons. The second-order valence-electron chi connectivity index (χ2n) is 6.12. The van der Waals surface area contributed by atoms with Gasteiger partial charge in [-0.25, -0.2) is 4.39 Å². The summed E-state index contributed by atoms with van der Waals surface area (Å²) < 4.78 is 14.9. The molecule has 0 aliphatic heterocycles. The van der Waals surface area contributed by atoms with Gasteiger partial charge in [0, 0.05) is 23.7 Å². The van der Waals surface area contributed by atoms with Crippen LogP contribution in [0.1, 0.15) is 5.56 Å². The lowest BCUT2D eigenvalue weighted by Gasteiger charge is -2.13. The van der Waals surface area contributed by atoms with E-state index in [4.69, 9.17) is 5.73 Å². The van der Waals surface area contributed by atoms with Crippen LogP contribution >= 0.6 is 0 Å². The van der Waals surface area contributed by atoms with Crippen molar-refractivity contribution in [2.75, 3.05) is 0 Å². The van der Waals surface area contributed by atoms with Gasteiger partial charge in [0.15, 0.2) is 0 Å². The Morgan fingerprint density at radius 1 is 0.846 bits per heavy atom. The van der Waals surface area contributed by atoms with Gasteiger partial charge in [-0.2, -0.15) is 0 Å². The van der Waals surface area contributed by atoms with Crippen LogP contribution in [0.3, 0.4) is 0 Å². The zero-order valence-corrected chi connectivity index (χ0v) is 14.0. The molecule has 0 aliphatic rings. The van der Waals surface area contributed by atoms with E-state index >= 15 is 0 Å². The van der Waals surface area contributed by atoms with Gasteiger partial charge < -0.3 is 5.73 Å². The molecule has 3 nitrogen and oxygen atoms in total. The number of halogens is 1. The zero-order valence-electron chi connectivity index (χ0n) is 14.0. The summed E-state index contributed by atoms with van der Waals surface area (Å²) >= 11 is 0. The zero-order chi connectivity index (χ0) is 18.1. The molecule has 4 aromatic rings. The Bertz CT molecular complexity index is 1130. The number of pyridine rings is 1. The second kappa shape index (κ2) is 6.58. The van der Waals surface area contributed by atoms with Gasteiger partial charge in [0.2, 0.25) is 0 Å². The third kappa shape index (κ3) is 2.80. The number of hydrogen-bond donors (Lipinski definition) is 1. The van der Waals surface area contributed by atoms with Crippen molar-refractivity contribution in [1.82, 2.24) is 4.57 Å². The molecule has 0 fully saturated rings. The van der Waals surface area contributed by atoms with Crippen molar-refractivity contribution in [3.8, 4) is 16.8 Å². The summed E-state index contributed by atoms with van der Waals surface area (Å²) in [4.78, 5) is 12.5. The van der Waals surface area contributed by atoms with E-state index in [9.17, 15) is 9.18 Å². The molecule has 0 saturated carbocycles. The number of nitrogens with zero attached hydrogens (tertiary/aromatic N) is 1. The summed E-state index contributed by atoms with van der Waals surface area (Å²) in [6.07, 6.45) is 0. The maximum absolute atomic E-state index is 13.3. The molecule has 3 aromatic carbocycles. The van der Waals surface area contributed by atoms with E-state index < -0.39 is 0 Å². The van der Waals surface area contributed by atoms with Crippen LogP contribution in [-0.4, -0.2) is 4.57 Å². The molecule has 4 heteroatoms. The minimum absolute atomic E-state index is 0.153. The minimum atomic E-state index is -0.331. The molecule has 0 saturated heterocycles. The summed E-state index contributed by atoms with van der Waals surface area (Å²) in [5.74, 6) is -0.331.